The van der Waals surface area contributed by atoms with E-state index in [1.165, 1.54) is 12.8 Å². The second-order valence-electron chi connectivity index (χ2n) is 7.68. The zero-order chi connectivity index (χ0) is 19.1. The molecular formula is C23H31NO3. The molecule has 1 heterocycles. The molecule has 1 unspecified atom stereocenters. The van der Waals surface area contributed by atoms with Gasteiger partial charge in [0.05, 0.1) is 19.3 Å². The molecule has 1 aromatic carbocycles. The van der Waals surface area contributed by atoms with Crippen LogP contribution in [0.15, 0.2) is 42.6 Å². The van der Waals surface area contributed by atoms with Gasteiger partial charge in [-0.2, -0.15) is 0 Å². The van der Waals surface area contributed by atoms with Gasteiger partial charge in [0, 0.05) is 24.9 Å². The molecule has 1 saturated carbocycles. The second-order valence-corrected chi connectivity index (χ2v) is 7.68. The standard InChI is InChI=1S/C23H31NO3/c1-17(2)16-26-22(15-19-8-6-7-13-24-19)18-11-12-21(25-3)23(14-18)27-20-9-4-5-10-20/h6-8,11-14,17,20,22H,4-5,9-10,15-16H2,1-3H3. The predicted molar refractivity (Wildman–Crippen MR) is 107 cm³/mol. The molecule has 1 fully saturated rings. The third-order valence-corrected chi connectivity index (χ3v) is 4.91. The summed E-state index contributed by atoms with van der Waals surface area (Å²) in [5, 5.41) is 0. The van der Waals surface area contributed by atoms with E-state index in [-0.39, 0.29) is 6.10 Å². The summed E-state index contributed by atoms with van der Waals surface area (Å²) >= 11 is 0. The van der Waals surface area contributed by atoms with Crippen LogP contribution in [0.2, 0.25) is 0 Å². The minimum atomic E-state index is -0.0564. The van der Waals surface area contributed by atoms with Crippen LogP contribution in [0.1, 0.15) is 56.9 Å². The number of ether oxygens (including phenoxy) is 3. The van der Waals surface area contributed by atoms with Crippen LogP contribution in [0.25, 0.3) is 0 Å². The highest BCUT2D eigenvalue weighted by atomic mass is 16.5. The quantitative estimate of drug-likeness (QED) is 0.596. The van der Waals surface area contributed by atoms with E-state index in [0.717, 1.165) is 42.0 Å². The van der Waals surface area contributed by atoms with Gasteiger partial charge in [0.15, 0.2) is 11.5 Å². The molecule has 1 aliphatic carbocycles. The van der Waals surface area contributed by atoms with Crippen molar-refractivity contribution in [1.29, 1.82) is 0 Å². The highest BCUT2D eigenvalue weighted by Crippen LogP contribution is 2.35. The van der Waals surface area contributed by atoms with E-state index in [1.54, 1.807) is 7.11 Å². The Kier molecular flexibility index (Phi) is 7.11. The van der Waals surface area contributed by atoms with Crippen LogP contribution in [-0.4, -0.2) is 24.8 Å². The molecular weight excluding hydrogens is 338 g/mol. The number of pyridine rings is 1. The van der Waals surface area contributed by atoms with E-state index in [4.69, 9.17) is 14.2 Å². The van der Waals surface area contributed by atoms with Gasteiger partial charge in [-0.25, -0.2) is 0 Å². The van der Waals surface area contributed by atoms with Crippen molar-refractivity contribution in [1.82, 2.24) is 4.98 Å². The van der Waals surface area contributed by atoms with E-state index in [2.05, 4.69) is 31.0 Å². The summed E-state index contributed by atoms with van der Waals surface area (Å²) in [5.41, 5.74) is 2.13. The van der Waals surface area contributed by atoms with Gasteiger partial charge in [-0.15, -0.1) is 0 Å². The van der Waals surface area contributed by atoms with Crippen LogP contribution in [0.4, 0.5) is 0 Å². The molecule has 1 atom stereocenters. The monoisotopic (exact) mass is 369 g/mol. The normalized spacial score (nSPS) is 15.9. The lowest BCUT2D eigenvalue weighted by atomic mass is 10.0. The van der Waals surface area contributed by atoms with E-state index in [0.29, 0.717) is 18.6 Å². The first kappa shape index (κ1) is 19.7. The fourth-order valence-corrected chi connectivity index (χ4v) is 3.46. The summed E-state index contributed by atoms with van der Waals surface area (Å²) in [4.78, 5) is 4.47. The Morgan fingerprint density at radius 2 is 1.89 bits per heavy atom. The Hall–Kier alpha value is -2.07. The minimum Gasteiger partial charge on any atom is -0.493 e. The van der Waals surface area contributed by atoms with Gasteiger partial charge in [0.2, 0.25) is 0 Å². The molecule has 1 aliphatic rings. The number of rotatable bonds is 9. The number of nitrogens with zero attached hydrogens (tertiary/aromatic N) is 1. The summed E-state index contributed by atoms with van der Waals surface area (Å²) in [6.45, 7) is 5.04. The van der Waals surface area contributed by atoms with Crippen molar-refractivity contribution < 1.29 is 14.2 Å². The zero-order valence-electron chi connectivity index (χ0n) is 16.7. The third-order valence-electron chi connectivity index (χ3n) is 4.91. The van der Waals surface area contributed by atoms with Gasteiger partial charge < -0.3 is 14.2 Å². The van der Waals surface area contributed by atoms with E-state index in [9.17, 15) is 0 Å². The average molecular weight is 370 g/mol. The number of hydrogen-bond acceptors (Lipinski definition) is 4. The topological polar surface area (TPSA) is 40.6 Å². The largest absolute Gasteiger partial charge is 0.493 e. The summed E-state index contributed by atoms with van der Waals surface area (Å²) in [6, 6.07) is 12.2. The van der Waals surface area contributed by atoms with Crippen LogP contribution < -0.4 is 9.47 Å². The molecule has 0 saturated heterocycles. The highest BCUT2D eigenvalue weighted by molar-refractivity contribution is 5.44. The molecule has 4 nitrogen and oxygen atoms in total. The molecule has 146 valence electrons. The number of methoxy groups -OCH3 is 1. The van der Waals surface area contributed by atoms with Gasteiger partial charge >= 0.3 is 0 Å². The van der Waals surface area contributed by atoms with Crippen molar-refractivity contribution in [2.45, 2.75) is 58.2 Å². The van der Waals surface area contributed by atoms with Gasteiger partial charge in [-0.1, -0.05) is 26.0 Å². The summed E-state index contributed by atoms with van der Waals surface area (Å²) < 4.78 is 18.1. The Morgan fingerprint density at radius 1 is 1.07 bits per heavy atom. The van der Waals surface area contributed by atoms with Gasteiger partial charge in [0.1, 0.15) is 0 Å². The molecule has 27 heavy (non-hydrogen) atoms. The predicted octanol–water partition coefficient (Wildman–Crippen LogP) is 5.37. The lowest BCUT2D eigenvalue weighted by molar-refractivity contribution is 0.0343. The number of aromatic nitrogens is 1. The molecule has 1 aromatic heterocycles. The molecule has 0 spiro atoms. The molecule has 4 heteroatoms. The van der Waals surface area contributed by atoms with E-state index in [1.807, 2.05) is 30.5 Å². The van der Waals surface area contributed by atoms with Crippen molar-refractivity contribution in [2.75, 3.05) is 13.7 Å². The molecule has 0 bridgehead atoms. The maximum Gasteiger partial charge on any atom is 0.161 e. The Labute approximate surface area is 162 Å². The first-order valence-electron chi connectivity index (χ1n) is 10.0. The molecule has 2 aromatic rings. The molecule has 0 amide bonds. The minimum absolute atomic E-state index is 0.0564. The van der Waals surface area contributed by atoms with Crippen LogP contribution >= 0.6 is 0 Å². The fourth-order valence-electron chi connectivity index (χ4n) is 3.46. The van der Waals surface area contributed by atoms with Gasteiger partial charge in [-0.3, -0.25) is 4.98 Å². The Morgan fingerprint density at radius 3 is 2.56 bits per heavy atom. The maximum absolute atomic E-state index is 6.27. The molecule has 0 radical (unpaired) electrons. The summed E-state index contributed by atoms with van der Waals surface area (Å²) in [7, 11) is 1.69. The van der Waals surface area contributed by atoms with Crippen LogP contribution in [0, 0.1) is 5.92 Å². The van der Waals surface area contributed by atoms with Gasteiger partial charge in [-0.05, 0) is 61.4 Å². The molecule has 3 rings (SSSR count). The summed E-state index contributed by atoms with van der Waals surface area (Å²) in [5.74, 6) is 2.08. The van der Waals surface area contributed by atoms with Crippen molar-refractivity contribution in [3.05, 3.63) is 53.9 Å². The number of benzene rings is 1. The van der Waals surface area contributed by atoms with Crippen LogP contribution in [-0.2, 0) is 11.2 Å². The SMILES string of the molecule is COc1ccc(C(Cc2ccccn2)OCC(C)C)cc1OC1CCCC1. The Bertz CT molecular complexity index is 696. The first-order valence-corrected chi connectivity index (χ1v) is 10.0. The van der Waals surface area contributed by atoms with Crippen LogP contribution in [0.5, 0.6) is 11.5 Å². The molecule has 0 N–H and O–H groups in total. The van der Waals surface area contributed by atoms with E-state index >= 15 is 0 Å². The fraction of sp³-hybridized carbons (Fsp3) is 0.522. The van der Waals surface area contributed by atoms with Crippen molar-refractivity contribution >= 4 is 0 Å². The Balaban J connectivity index is 1.82. The smallest absolute Gasteiger partial charge is 0.161 e. The van der Waals surface area contributed by atoms with Crippen LogP contribution in [0.3, 0.4) is 0 Å². The average Bonchev–Trinajstić information content (AvgIpc) is 3.19. The van der Waals surface area contributed by atoms with Crippen molar-refractivity contribution in [3.63, 3.8) is 0 Å². The maximum atomic E-state index is 6.27. The zero-order valence-corrected chi connectivity index (χ0v) is 16.7. The molecule has 0 aliphatic heterocycles. The van der Waals surface area contributed by atoms with Gasteiger partial charge in [0.25, 0.3) is 0 Å². The second kappa shape index (κ2) is 9.75. The third kappa shape index (κ3) is 5.70. The lowest BCUT2D eigenvalue weighted by Crippen LogP contribution is -2.14. The first-order chi connectivity index (χ1) is 13.2. The lowest BCUT2D eigenvalue weighted by Gasteiger charge is -2.22. The van der Waals surface area contributed by atoms with E-state index < -0.39 is 0 Å². The highest BCUT2D eigenvalue weighted by Gasteiger charge is 2.21. The summed E-state index contributed by atoms with van der Waals surface area (Å²) in [6.07, 6.45) is 7.53. The van der Waals surface area contributed by atoms with Crippen molar-refractivity contribution in [3.8, 4) is 11.5 Å². The number of hydrogen-bond donors (Lipinski definition) is 0. The van der Waals surface area contributed by atoms with Crippen molar-refractivity contribution in [2.24, 2.45) is 5.92 Å².